The van der Waals surface area contributed by atoms with Crippen LogP contribution in [0.25, 0.3) is 0 Å². The zero-order valence-electron chi connectivity index (χ0n) is 12.2. The molecule has 0 aliphatic carbocycles. The minimum atomic E-state index is 0.0112. The van der Waals surface area contributed by atoms with Gasteiger partial charge in [-0.05, 0) is 47.1 Å². The van der Waals surface area contributed by atoms with Gasteiger partial charge in [-0.15, -0.1) is 0 Å². The van der Waals surface area contributed by atoms with Gasteiger partial charge < -0.3 is 10.2 Å². The van der Waals surface area contributed by atoms with Crippen molar-refractivity contribution in [3.05, 3.63) is 0 Å². The van der Waals surface area contributed by atoms with Crippen LogP contribution in [0, 0.1) is 0 Å². The summed E-state index contributed by atoms with van der Waals surface area (Å²) in [4.78, 5) is 16.8. The van der Waals surface area contributed by atoms with E-state index in [0.717, 1.165) is 19.5 Å². The number of fused-ring (bicyclic) bond motifs is 2. The molecule has 0 aromatic rings. The summed E-state index contributed by atoms with van der Waals surface area (Å²) >= 11 is 0. The van der Waals surface area contributed by atoms with Crippen LogP contribution in [-0.4, -0.2) is 60.0 Å². The lowest BCUT2D eigenvalue weighted by Gasteiger charge is -2.28. The van der Waals surface area contributed by atoms with Crippen molar-refractivity contribution in [2.24, 2.45) is 0 Å². The van der Waals surface area contributed by atoms with Gasteiger partial charge in [0.1, 0.15) is 0 Å². The highest BCUT2D eigenvalue weighted by atomic mass is 16.2. The molecule has 0 aromatic carbocycles. The van der Waals surface area contributed by atoms with E-state index >= 15 is 0 Å². The Morgan fingerprint density at radius 2 is 1.89 bits per heavy atom. The maximum Gasteiger partial charge on any atom is 0.236 e. The van der Waals surface area contributed by atoms with Gasteiger partial charge in [0, 0.05) is 30.7 Å². The monoisotopic (exact) mass is 253 g/mol. The van der Waals surface area contributed by atoms with E-state index in [0.29, 0.717) is 18.6 Å². The molecule has 1 amide bonds. The maximum atomic E-state index is 12.2. The summed E-state index contributed by atoms with van der Waals surface area (Å²) in [6.45, 7) is 8.59. The lowest BCUT2D eigenvalue weighted by atomic mass is 10.1. The molecule has 1 N–H and O–H groups in total. The number of hydrogen-bond donors (Lipinski definition) is 1. The van der Waals surface area contributed by atoms with Gasteiger partial charge in [0.15, 0.2) is 0 Å². The third-order valence-corrected chi connectivity index (χ3v) is 4.27. The first-order valence-electron chi connectivity index (χ1n) is 7.11. The van der Waals surface area contributed by atoms with E-state index in [1.54, 1.807) is 0 Å². The summed E-state index contributed by atoms with van der Waals surface area (Å²) in [5.74, 6) is 0.255. The first-order chi connectivity index (χ1) is 8.37. The van der Waals surface area contributed by atoms with Crippen LogP contribution in [0.3, 0.4) is 0 Å². The Balaban J connectivity index is 1.88. The molecule has 0 aromatic heterocycles. The van der Waals surface area contributed by atoms with Gasteiger partial charge in [-0.3, -0.25) is 9.69 Å². The number of nitrogens with zero attached hydrogens (tertiary/aromatic N) is 2. The summed E-state index contributed by atoms with van der Waals surface area (Å²) in [6, 6.07) is 1.28. The van der Waals surface area contributed by atoms with Gasteiger partial charge in [0.05, 0.1) is 6.54 Å². The van der Waals surface area contributed by atoms with Gasteiger partial charge in [0.25, 0.3) is 0 Å². The quantitative estimate of drug-likeness (QED) is 0.799. The molecule has 2 saturated heterocycles. The summed E-state index contributed by atoms with van der Waals surface area (Å²) in [5.41, 5.74) is 0.0112. The second-order valence-corrected chi connectivity index (χ2v) is 6.78. The second-order valence-electron chi connectivity index (χ2n) is 6.78. The highest BCUT2D eigenvalue weighted by Crippen LogP contribution is 2.28. The van der Waals surface area contributed by atoms with Crippen molar-refractivity contribution >= 4 is 5.91 Å². The summed E-state index contributed by atoms with van der Waals surface area (Å²) in [7, 11) is 2.21. The maximum absolute atomic E-state index is 12.2. The Kier molecular flexibility index (Phi) is 3.97. The molecule has 2 bridgehead atoms. The van der Waals surface area contributed by atoms with E-state index in [1.807, 2.05) is 0 Å². The first kappa shape index (κ1) is 13.8. The summed E-state index contributed by atoms with van der Waals surface area (Å²) in [5, 5.41) is 3.29. The molecule has 18 heavy (non-hydrogen) atoms. The molecule has 2 aliphatic heterocycles. The van der Waals surface area contributed by atoms with Crippen LogP contribution >= 0.6 is 0 Å². The van der Waals surface area contributed by atoms with Gasteiger partial charge >= 0.3 is 0 Å². The lowest BCUT2D eigenvalue weighted by Crippen LogP contribution is -2.47. The van der Waals surface area contributed by atoms with Crippen LogP contribution in [0.4, 0.5) is 0 Å². The number of hydrogen-bond acceptors (Lipinski definition) is 3. The van der Waals surface area contributed by atoms with Crippen molar-refractivity contribution in [3.63, 3.8) is 0 Å². The van der Waals surface area contributed by atoms with Crippen molar-refractivity contribution < 1.29 is 4.79 Å². The Hall–Kier alpha value is -0.610. The molecule has 104 valence electrons. The van der Waals surface area contributed by atoms with Crippen LogP contribution in [0.2, 0.25) is 0 Å². The molecule has 0 saturated carbocycles. The summed E-state index contributed by atoms with van der Waals surface area (Å²) < 4.78 is 0. The van der Waals surface area contributed by atoms with E-state index < -0.39 is 0 Å². The Labute approximate surface area is 111 Å². The van der Waals surface area contributed by atoms with E-state index in [2.05, 4.69) is 42.9 Å². The zero-order valence-corrected chi connectivity index (χ0v) is 12.2. The van der Waals surface area contributed by atoms with E-state index in [-0.39, 0.29) is 11.4 Å². The standard InChI is InChI=1S/C14H27N3O/c1-14(2,3)15-9-13(18)17-8-7-11-5-6-12(10-17)16(11)4/h11-12,15H,5-10H2,1-4H3. The largest absolute Gasteiger partial charge is 0.340 e. The van der Waals surface area contributed by atoms with Crippen LogP contribution in [-0.2, 0) is 4.79 Å². The highest BCUT2D eigenvalue weighted by molar-refractivity contribution is 5.78. The van der Waals surface area contributed by atoms with E-state index in [4.69, 9.17) is 0 Å². The lowest BCUT2D eigenvalue weighted by molar-refractivity contribution is -0.130. The summed E-state index contributed by atoms with van der Waals surface area (Å²) in [6.07, 6.45) is 3.69. The van der Waals surface area contributed by atoms with Crippen molar-refractivity contribution in [2.75, 3.05) is 26.7 Å². The number of carbonyl (C=O) groups is 1. The Morgan fingerprint density at radius 3 is 2.56 bits per heavy atom. The fourth-order valence-corrected chi connectivity index (χ4v) is 2.99. The normalized spacial score (nSPS) is 29.4. The van der Waals surface area contributed by atoms with Crippen LogP contribution in [0.15, 0.2) is 0 Å². The van der Waals surface area contributed by atoms with Crippen molar-refractivity contribution in [3.8, 4) is 0 Å². The van der Waals surface area contributed by atoms with E-state index in [9.17, 15) is 4.79 Å². The molecule has 2 atom stereocenters. The number of nitrogens with one attached hydrogen (secondary N) is 1. The second kappa shape index (κ2) is 5.17. The predicted octanol–water partition coefficient (Wildman–Crippen LogP) is 1.07. The molecule has 2 fully saturated rings. The highest BCUT2D eigenvalue weighted by Gasteiger charge is 2.35. The topological polar surface area (TPSA) is 35.6 Å². The number of carbonyl (C=O) groups excluding carboxylic acids is 1. The third-order valence-electron chi connectivity index (χ3n) is 4.27. The van der Waals surface area contributed by atoms with Crippen LogP contribution in [0.1, 0.15) is 40.0 Å². The molecule has 0 spiro atoms. The van der Waals surface area contributed by atoms with Crippen molar-refractivity contribution in [1.82, 2.24) is 15.1 Å². The Bertz CT molecular complexity index is 311. The molecule has 0 radical (unpaired) electrons. The molecule has 2 heterocycles. The average Bonchev–Trinajstić information content (AvgIpc) is 2.49. The SMILES string of the molecule is CN1C2CCC1CN(C(=O)CNC(C)(C)C)CC2. The minimum absolute atomic E-state index is 0.0112. The third kappa shape index (κ3) is 3.23. The predicted molar refractivity (Wildman–Crippen MR) is 73.5 cm³/mol. The molecule has 2 rings (SSSR count). The van der Waals surface area contributed by atoms with Crippen molar-refractivity contribution in [2.45, 2.75) is 57.7 Å². The smallest absolute Gasteiger partial charge is 0.236 e. The fraction of sp³-hybridized carbons (Fsp3) is 0.929. The molecular weight excluding hydrogens is 226 g/mol. The van der Waals surface area contributed by atoms with Gasteiger partial charge in [-0.25, -0.2) is 0 Å². The number of likely N-dealkylation sites (N-methyl/N-ethyl adjacent to an activating group) is 1. The molecule has 4 heteroatoms. The zero-order chi connectivity index (χ0) is 13.3. The van der Waals surface area contributed by atoms with Gasteiger partial charge in [-0.2, -0.15) is 0 Å². The fourth-order valence-electron chi connectivity index (χ4n) is 2.99. The van der Waals surface area contributed by atoms with Crippen LogP contribution in [0.5, 0.6) is 0 Å². The number of likely N-dealkylation sites (tertiary alicyclic amines) is 1. The van der Waals surface area contributed by atoms with Crippen molar-refractivity contribution in [1.29, 1.82) is 0 Å². The number of amides is 1. The Morgan fingerprint density at radius 1 is 1.22 bits per heavy atom. The molecular formula is C14H27N3O. The van der Waals surface area contributed by atoms with Crippen LogP contribution < -0.4 is 5.32 Å². The van der Waals surface area contributed by atoms with Gasteiger partial charge in [0.2, 0.25) is 5.91 Å². The number of rotatable bonds is 2. The van der Waals surface area contributed by atoms with Gasteiger partial charge in [-0.1, -0.05) is 0 Å². The molecule has 4 nitrogen and oxygen atoms in total. The average molecular weight is 253 g/mol. The minimum Gasteiger partial charge on any atom is -0.340 e. The first-order valence-corrected chi connectivity index (χ1v) is 7.11. The molecule has 2 unspecified atom stereocenters. The molecule has 2 aliphatic rings. The van der Waals surface area contributed by atoms with E-state index in [1.165, 1.54) is 12.8 Å².